The minimum Gasteiger partial charge on any atom is -0.376 e. The van der Waals surface area contributed by atoms with E-state index in [4.69, 9.17) is 4.52 Å². The zero-order valence-electron chi connectivity index (χ0n) is 29.2. The molecule has 1 saturated heterocycles. The lowest BCUT2D eigenvalue weighted by Gasteiger charge is -2.37. The van der Waals surface area contributed by atoms with Gasteiger partial charge in [0.2, 0.25) is 39.5 Å². The van der Waals surface area contributed by atoms with Gasteiger partial charge in [-0.15, -0.1) is 0 Å². The summed E-state index contributed by atoms with van der Waals surface area (Å²) < 4.78 is 33.7. The third kappa shape index (κ3) is 9.01. The third-order valence-electron chi connectivity index (χ3n) is 8.80. The molecule has 17 heteroatoms. The lowest BCUT2D eigenvalue weighted by molar-refractivity contribution is -0.387. The fraction of sp³-hybridized carbons (Fsp3) is 0.485. The van der Waals surface area contributed by atoms with Crippen LogP contribution in [0.25, 0.3) is 11.4 Å². The molecule has 3 aromatic rings. The van der Waals surface area contributed by atoms with E-state index in [0.29, 0.717) is 48.9 Å². The molecular formula is C33H44N8O8S. The molecule has 2 aromatic carbocycles. The van der Waals surface area contributed by atoms with Gasteiger partial charge in [0.25, 0.3) is 5.69 Å². The zero-order chi connectivity index (χ0) is 36.7. The van der Waals surface area contributed by atoms with Gasteiger partial charge < -0.3 is 24.5 Å². The number of likely N-dealkylation sites (N-methyl/N-ethyl adjacent to an activating group) is 1. The fourth-order valence-electron chi connectivity index (χ4n) is 5.82. The van der Waals surface area contributed by atoms with E-state index in [2.05, 4.69) is 15.5 Å². The van der Waals surface area contributed by atoms with Gasteiger partial charge in [0.05, 0.1) is 18.0 Å². The van der Waals surface area contributed by atoms with Gasteiger partial charge in [0.15, 0.2) is 4.90 Å². The number of benzene rings is 2. The Bertz CT molecular complexity index is 1820. The number of aromatic nitrogens is 2. The maximum atomic E-state index is 13.8. The Hall–Kier alpha value is -4.90. The largest absolute Gasteiger partial charge is 0.376 e. The van der Waals surface area contributed by atoms with Gasteiger partial charge in [-0.1, -0.05) is 29.4 Å². The van der Waals surface area contributed by atoms with Gasteiger partial charge in [-0.05, 0) is 51.3 Å². The van der Waals surface area contributed by atoms with Gasteiger partial charge in [0.1, 0.15) is 0 Å². The summed E-state index contributed by atoms with van der Waals surface area (Å²) in [4.78, 5) is 58.6. The first-order chi connectivity index (χ1) is 23.6. The van der Waals surface area contributed by atoms with Gasteiger partial charge >= 0.3 is 0 Å². The van der Waals surface area contributed by atoms with E-state index < -0.39 is 37.5 Å². The Morgan fingerprint density at radius 2 is 1.76 bits per heavy atom. The normalized spacial score (nSPS) is 13.8. The first kappa shape index (κ1) is 37.9. The number of carbonyl (C=O) groups is 3. The number of anilines is 1. The van der Waals surface area contributed by atoms with Crippen molar-refractivity contribution in [3.05, 3.63) is 64.0 Å². The van der Waals surface area contributed by atoms with Crippen molar-refractivity contribution in [3.63, 3.8) is 0 Å². The number of nitrogens with zero attached hydrogens (tertiary/aromatic N) is 7. The number of nitro benzene ring substituents is 1. The second kappa shape index (κ2) is 16.2. The van der Waals surface area contributed by atoms with E-state index in [-0.39, 0.29) is 44.0 Å². The number of nitrogens with one attached hydrogen (secondary N) is 1. The van der Waals surface area contributed by atoms with E-state index >= 15 is 0 Å². The molecule has 2 heterocycles. The van der Waals surface area contributed by atoms with E-state index in [1.165, 1.54) is 30.0 Å². The van der Waals surface area contributed by atoms with Crippen molar-refractivity contribution < 1.29 is 32.2 Å². The van der Waals surface area contributed by atoms with Crippen molar-refractivity contribution in [1.82, 2.24) is 29.1 Å². The number of likely N-dealkylation sites (tertiary alicyclic amines) is 1. The van der Waals surface area contributed by atoms with Crippen LogP contribution in [0.1, 0.15) is 45.1 Å². The Morgan fingerprint density at radius 1 is 1.08 bits per heavy atom. The highest BCUT2D eigenvalue weighted by Crippen LogP contribution is 2.28. The van der Waals surface area contributed by atoms with Crippen LogP contribution >= 0.6 is 0 Å². The van der Waals surface area contributed by atoms with Crippen molar-refractivity contribution in [2.24, 2.45) is 0 Å². The molecule has 3 amide bonds. The van der Waals surface area contributed by atoms with Crippen molar-refractivity contribution in [2.75, 3.05) is 51.6 Å². The highest BCUT2D eigenvalue weighted by molar-refractivity contribution is 7.89. The number of nitro groups is 1. The number of rotatable bonds is 14. The van der Waals surface area contributed by atoms with Gasteiger partial charge in [0, 0.05) is 76.5 Å². The highest BCUT2D eigenvalue weighted by atomic mass is 32.2. The first-order valence-electron chi connectivity index (χ1n) is 16.3. The van der Waals surface area contributed by atoms with Crippen molar-refractivity contribution >= 4 is 39.1 Å². The van der Waals surface area contributed by atoms with E-state index in [0.717, 1.165) is 15.9 Å². The standard InChI is InChI=1S/C33H44N8O8S/c1-22(2)40(50(47,48)30-10-8-7-9-29(30)41(45)46)18-17-39(21-32(44)37(6)27-13-15-38(16-14-27)25(5)42)31(43)20-34-28-19-26(12-11-23(28)3)33-35-24(4)49-36-33/h7-12,19,22,27,34H,13-18,20-21H2,1-6H3. The Labute approximate surface area is 291 Å². The van der Waals surface area contributed by atoms with E-state index in [1.54, 1.807) is 43.7 Å². The average Bonchev–Trinajstić information content (AvgIpc) is 3.52. The number of sulfonamides is 1. The topological polar surface area (TPSA) is 192 Å². The lowest BCUT2D eigenvalue weighted by Crippen LogP contribution is -2.51. The smallest absolute Gasteiger partial charge is 0.289 e. The minimum absolute atomic E-state index is 0.0274. The fourth-order valence-corrected chi connectivity index (χ4v) is 7.60. The molecule has 270 valence electrons. The van der Waals surface area contributed by atoms with Crippen LogP contribution in [0.5, 0.6) is 0 Å². The number of hydrogen-bond acceptors (Lipinski definition) is 11. The maximum absolute atomic E-state index is 13.8. The SMILES string of the molecule is CC(=O)N1CCC(N(C)C(=O)CN(CCN(C(C)C)S(=O)(=O)c2ccccc2[N+](=O)[O-])C(=O)CNc2cc(-c3noc(C)n3)ccc2C)CC1. The third-order valence-corrected chi connectivity index (χ3v) is 10.9. The molecule has 0 spiro atoms. The molecule has 4 rings (SSSR count). The first-order valence-corrected chi connectivity index (χ1v) is 17.7. The van der Waals surface area contributed by atoms with Crippen LogP contribution in [0.3, 0.4) is 0 Å². The Balaban J connectivity index is 1.56. The maximum Gasteiger partial charge on any atom is 0.289 e. The van der Waals surface area contributed by atoms with Gasteiger partial charge in [-0.25, -0.2) is 8.42 Å². The summed E-state index contributed by atoms with van der Waals surface area (Å²) in [6.45, 7) is 8.40. The molecule has 1 fully saturated rings. The molecule has 0 radical (unpaired) electrons. The quantitative estimate of drug-likeness (QED) is 0.191. The van der Waals surface area contributed by atoms with Gasteiger partial charge in [-0.3, -0.25) is 24.5 Å². The summed E-state index contributed by atoms with van der Waals surface area (Å²) in [5.41, 5.74) is 1.57. The second-order valence-corrected chi connectivity index (χ2v) is 14.4. The number of hydrogen-bond donors (Lipinski definition) is 1. The summed E-state index contributed by atoms with van der Waals surface area (Å²) in [6, 6.07) is 9.78. The van der Waals surface area contributed by atoms with Crippen LogP contribution in [0, 0.1) is 24.0 Å². The molecule has 16 nitrogen and oxygen atoms in total. The summed E-state index contributed by atoms with van der Waals surface area (Å²) in [5.74, 6) is -0.0531. The molecule has 1 aromatic heterocycles. The average molecular weight is 713 g/mol. The Kier molecular flexibility index (Phi) is 12.3. The van der Waals surface area contributed by atoms with Crippen LogP contribution < -0.4 is 5.32 Å². The Morgan fingerprint density at radius 3 is 2.36 bits per heavy atom. The van der Waals surface area contributed by atoms with Gasteiger partial charge in [-0.2, -0.15) is 9.29 Å². The van der Waals surface area contributed by atoms with E-state index in [9.17, 15) is 32.9 Å². The highest BCUT2D eigenvalue weighted by Gasteiger charge is 2.34. The molecule has 0 atom stereocenters. The minimum atomic E-state index is -4.37. The molecule has 1 aliphatic heterocycles. The summed E-state index contributed by atoms with van der Waals surface area (Å²) in [6.07, 6.45) is 1.17. The summed E-state index contributed by atoms with van der Waals surface area (Å²) in [5, 5.41) is 18.8. The second-order valence-electron chi connectivity index (χ2n) is 12.5. The number of aryl methyl sites for hydroxylation is 2. The van der Waals surface area contributed by atoms with Crippen LogP contribution in [0.4, 0.5) is 11.4 Å². The monoisotopic (exact) mass is 712 g/mol. The molecule has 1 N–H and O–H groups in total. The molecule has 0 aliphatic carbocycles. The number of para-hydroxylation sites is 1. The number of amides is 3. The van der Waals surface area contributed by atoms with Crippen molar-refractivity contribution in [3.8, 4) is 11.4 Å². The predicted molar refractivity (Wildman–Crippen MR) is 184 cm³/mol. The van der Waals surface area contributed by atoms with Crippen LogP contribution in [0.2, 0.25) is 0 Å². The number of carbonyl (C=O) groups excluding carboxylic acids is 3. The molecular weight excluding hydrogens is 668 g/mol. The molecule has 0 bridgehead atoms. The molecule has 50 heavy (non-hydrogen) atoms. The summed E-state index contributed by atoms with van der Waals surface area (Å²) >= 11 is 0. The van der Waals surface area contributed by atoms with Crippen molar-refractivity contribution in [2.45, 2.75) is 64.4 Å². The molecule has 0 saturated carbocycles. The number of piperidine rings is 1. The van der Waals surface area contributed by atoms with Crippen LogP contribution in [0.15, 0.2) is 51.9 Å². The van der Waals surface area contributed by atoms with Crippen LogP contribution in [-0.2, 0) is 24.4 Å². The lowest BCUT2D eigenvalue weighted by atomic mass is 10.0. The van der Waals surface area contributed by atoms with Crippen LogP contribution in [-0.4, -0.2) is 119 Å². The summed E-state index contributed by atoms with van der Waals surface area (Å²) in [7, 11) is -2.71. The van der Waals surface area contributed by atoms with E-state index in [1.807, 2.05) is 19.1 Å². The molecule has 0 unspecified atom stereocenters. The zero-order valence-corrected chi connectivity index (χ0v) is 30.0. The molecule has 1 aliphatic rings. The predicted octanol–water partition coefficient (Wildman–Crippen LogP) is 3.07. The van der Waals surface area contributed by atoms with Crippen molar-refractivity contribution in [1.29, 1.82) is 0 Å².